The summed E-state index contributed by atoms with van der Waals surface area (Å²) in [7, 11) is 0. The average Bonchev–Trinajstić information content (AvgIpc) is 2.18. The van der Waals surface area contributed by atoms with Crippen LogP contribution >= 0.6 is 0 Å². The third-order valence-electron chi connectivity index (χ3n) is 2.21. The van der Waals surface area contributed by atoms with Gasteiger partial charge in [0.25, 0.3) is 0 Å². The van der Waals surface area contributed by atoms with Crippen LogP contribution in [-0.2, 0) is 14.3 Å². The number of nitrogens with two attached hydrogens (primary N) is 1. The Morgan fingerprint density at radius 2 is 2.07 bits per heavy atom. The molecule has 1 saturated heterocycles. The molecule has 0 aliphatic carbocycles. The first kappa shape index (κ1) is 12.3. The lowest BCUT2D eigenvalue weighted by Crippen LogP contribution is -2.62. The minimum atomic E-state index is -1.31. The molecule has 1 aliphatic rings. The van der Waals surface area contributed by atoms with Gasteiger partial charge in [-0.15, -0.1) is 0 Å². The highest BCUT2D eigenvalue weighted by Crippen LogP contribution is 2.20. The summed E-state index contributed by atoms with van der Waals surface area (Å²) >= 11 is 0. The molecule has 0 saturated carbocycles. The highest BCUT2D eigenvalue weighted by atomic mass is 16.7. The highest BCUT2D eigenvalue weighted by molar-refractivity contribution is 5.66. The predicted molar refractivity (Wildman–Crippen MR) is 47.5 cm³/mol. The Labute approximate surface area is 86.4 Å². The lowest BCUT2D eigenvalue weighted by molar-refractivity contribution is -0.258. The number of carbonyl (C=O) groups is 1. The summed E-state index contributed by atoms with van der Waals surface area (Å²) < 4.78 is 9.70. The second-order valence-corrected chi connectivity index (χ2v) is 3.39. The second kappa shape index (κ2) is 4.86. The maximum Gasteiger partial charge on any atom is 0.304 e. The van der Waals surface area contributed by atoms with Crippen LogP contribution in [0.2, 0.25) is 0 Å². The van der Waals surface area contributed by atoms with Crippen LogP contribution < -0.4 is 5.73 Å². The molecule has 0 amide bonds. The summed E-state index contributed by atoms with van der Waals surface area (Å²) in [5.41, 5.74) is 5.48. The second-order valence-electron chi connectivity index (χ2n) is 3.39. The third-order valence-corrected chi connectivity index (χ3v) is 2.21. The van der Waals surface area contributed by atoms with E-state index in [-0.39, 0.29) is 0 Å². The maximum atomic E-state index is 10.7. The van der Waals surface area contributed by atoms with E-state index in [2.05, 4.69) is 4.74 Å². The Hall–Kier alpha value is -0.730. The fraction of sp³-hybridized carbons (Fsp3) is 0.875. The van der Waals surface area contributed by atoms with Crippen molar-refractivity contribution in [3.05, 3.63) is 0 Å². The van der Waals surface area contributed by atoms with Gasteiger partial charge in [0.05, 0.1) is 12.6 Å². The van der Waals surface area contributed by atoms with E-state index in [1.807, 2.05) is 0 Å². The number of aliphatic hydroxyl groups is 3. The maximum absolute atomic E-state index is 10.7. The summed E-state index contributed by atoms with van der Waals surface area (Å²) in [6, 6.07) is -1.04. The average molecular weight is 221 g/mol. The molecule has 0 aromatic carbocycles. The normalized spacial score (nSPS) is 41.3. The van der Waals surface area contributed by atoms with Crippen molar-refractivity contribution in [3.8, 4) is 0 Å². The highest BCUT2D eigenvalue weighted by Gasteiger charge is 2.43. The molecule has 5 N–H and O–H groups in total. The molecule has 1 aliphatic heterocycles. The van der Waals surface area contributed by atoms with Crippen LogP contribution in [0.5, 0.6) is 0 Å². The van der Waals surface area contributed by atoms with Gasteiger partial charge in [-0.05, 0) is 0 Å². The largest absolute Gasteiger partial charge is 0.434 e. The van der Waals surface area contributed by atoms with Crippen LogP contribution in [0.3, 0.4) is 0 Å². The summed E-state index contributed by atoms with van der Waals surface area (Å²) in [6.45, 7) is 0.671. The molecule has 0 aromatic heterocycles. The van der Waals surface area contributed by atoms with E-state index < -0.39 is 43.2 Å². The van der Waals surface area contributed by atoms with Gasteiger partial charge in [-0.1, -0.05) is 0 Å². The molecular formula is C8H15NO6. The van der Waals surface area contributed by atoms with Gasteiger partial charge in [0.15, 0.2) is 0 Å². The SMILES string of the molecule is CC(=O)OC1O[C@H](CO)[C@@H](O)[C@H](O)[C@H]1N. The zero-order valence-corrected chi connectivity index (χ0v) is 8.24. The molecule has 0 aromatic rings. The van der Waals surface area contributed by atoms with Crippen LogP contribution in [0, 0.1) is 0 Å². The van der Waals surface area contributed by atoms with Gasteiger partial charge >= 0.3 is 5.97 Å². The molecule has 7 heteroatoms. The van der Waals surface area contributed by atoms with Crippen molar-refractivity contribution in [2.45, 2.75) is 37.6 Å². The zero-order chi connectivity index (χ0) is 11.6. The molecule has 5 atom stereocenters. The molecule has 88 valence electrons. The molecule has 15 heavy (non-hydrogen) atoms. The Morgan fingerprint density at radius 1 is 1.47 bits per heavy atom. The van der Waals surface area contributed by atoms with Crippen molar-refractivity contribution >= 4 is 5.97 Å². The van der Waals surface area contributed by atoms with E-state index in [9.17, 15) is 15.0 Å². The fourth-order valence-electron chi connectivity index (χ4n) is 1.37. The fourth-order valence-corrected chi connectivity index (χ4v) is 1.37. The number of carbonyl (C=O) groups excluding carboxylic acids is 1. The molecule has 7 nitrogen and oxygen atoms in total. The van der Waals surface area contributed by atoms with Crippen molar-refractivity contribution in [2.24, 2.45) is 5.73 Å². The van der Waals surface area contributed by atoms with E-state index in [4.69, 9.17) is 15.6 Å². The van der Waals surface area contributed by atoms with E-state index >= 15 is 0 Å². The van der Waals surface area contributed by atoms with E-state index in [0.29, 0.717) is 0 Å². The molecular weight excluding hydrogens is 206 g/mol. The van der Waals surface area contributed by atoms with Crippen LogP contribution in [0.1, 0.15) is 6.92 Å². The van der Waals surface area contributed by atoms with Crippen LogP contribution in [0.25, 0.3) is 0 Å². The molecule has 1 unspecified atom stereocenters. The number of hydrogen-bond acceptors (Lipinski definition) is 7. The van der Waals surface area contributed by atoms with Crippen molar-refractivity contribution in [3.63, 3.8) is 0 Å². The molecule has 1 rings (SSSR count). The quantitative estimate of drug-likeness (QED) is 0.375. The molecule has 1 fully saturated rings. The van der Waals surface area contributed by atoms with Gasteiger partial charge in [0.1, 0.15) is 18.3 Å². The Kier molecular flexibility index (Phi) is 4.00. The predicted octanol–water partition coefficient (Wildman–Crippen LogP) is -2.68. The monoisotopic (exact) mass is 221 g/mol. The van der Waals surface area contributed by atoms with Gasteiger partial charge in [-0.3, -0.25) is 4.79 Å². The number of esters is 1. The molecule has 1 heterocycles. The number of aliphatic hydroxyl groups excluding tert-OH is 3. The van der Waals surface area contributed by atoms with Crippen molar-refractivity contribution in [1.29, 1.82) is 0 Å². The minimum Gasteiger partial charge on any atom is -0.434 e. The van der Waals surface area contributed by atoms with Gasteiger partial charge < -0.3 is 30.5 Å². The van der Waals surface area contributed by atoms with E-state index in [1.54, 1.807) is 0 Å². The number of ether oxygens (including phenoxy) is 2. The Morgan fingerprint density at radius 3 is 2.53 bits per heavy atom. The molecule has 0 bridgehead atoms. The zero-order valence-electron chi connectivity index (χ0n) is 8.24. The lowest BCUT2D eigenvalue weighted by Gasteiger charge is -2.39. The Balaban J connectivity index is 2.69. The van der Waals surface area contributed by atoms with E-state index in [0.717, 1.165) is 0 Å². The van der Waals surface area contributed by atoms with Gasteiger partial charge in [0.2, 0.25) is 6.29 Å². The summed E-state index contributed by atoms with van der Waals surface area (Å²) in [5.74, 6) is -0.615. The first-order valence-corrected chi connectivity index (χ1v) is 4.52. The van der Waals surface area contributed by atoms with E-state index in [1.165, 1.54) is 6.92 Å². The standard InChI is InChI=1S/C8H15NO6/c1-3(11)14-8-5(9)7(13)6(12)4(2-10)15-8/h4-8,10,12-13H,2,9H2,1H3/t4-,5-,6-,7-,8?/m1/s1. The van der Waals surface area contributed by atoms with Crippen molar-refractivity contribution in [1.82, 2.24) is 0 Å². The molecule has 0 spiro atoms. The summed E-state index contributed by atoms with van der Waals surface area (Å²) in [6.07, 6.45) is -4.76. The smallest absolute Gasteiger partial charge is 0.304 e. The summed E-state index contributed by atoms with van der Waals surface area (Å²) in [5, 5.41) is 27.7. The van der Waals surface area contributed by atoms with Crippen molar-refractivity contribution in [2.75, 3.05) is 6.61 Å². The summed E-state index contributed by atoms with van der Waals surface area (Å²) in [4.78, 5) is 10.7. The van der Waals surface area contributed by atoms with Crippen LogP contribution in [0.15, 0.2) is 0 Å². The van der Waals surface area contributed by atoms with Gasteiger partial charge in [-0.25, -0.2) is 0 Å². The van der Waals surface area contributed by atoms with Crippen molar-refractivity contribution < 1.29 is 29.6 Å². The molecule has 0 radical (unpaired) electrons. The number of hydrogen-bond donors (Lipinski definition) is 4. The minimum absolute atomic E-state index is 0.497. The first-order chi connectivity index (χ1) is 6.97. The number of rotatable bonds is 2. The van der Waals surface area contributed by atoms with Crippen LogP contribution in [-0.4, -0.2) is 58.5 Å². The lowest BCUT2D eigenvalue weighted by atomic mass is 9.98. The van der Waals surface area contributed by atoms with Gasteiger partial charge in [-0.2, -0.15) is 0 Å². The first-order valence-electron chi connectivity index (χ1n) is 4.52. The topological polar surface area (TPSA) is 122 Å². The van der Waals surface area contributed by atoms with Crippen LogP contribution in [0.4, 0.5) is 0 Å². The Bertz CT molecular complexity index is 233. The third kappa shape index (κ3) is 2.64. The van der Waals surface area contributed by atoms with Gasteiger partial charge in [0, 0.05) is 6.92 Å².